The summed E-state index contributed by atoms with van der Waals surface area (Å²) in [5.41, 5.74) is 4.47. The fraction of sp³-hybridized carbons (Fsp3) is 0.219. The lowest BCUT2D eigenvalue weighted by Crippen LogP contribution is -2.24. The molecule has 216 valence electrons. The van der Waals surface area contributed by atoms with E-state index in [1.54, 1.807) is 12.3 Å². The van der Waals surface area contributed by atoms with Gasteiger partial charge in [-0.2, -0.15) is 0 Å². The van der Waals surface area contributed by atoms with Gasteiger partial charge in [0.05, 0.1) is 18.7 Å². The molecule has 1 atom stereocenters. The van der Waals surface area contributed by atoms with E-state index in [1.807, 2.05) is 83.8 Å². The normalized spacial score (nSPS) is 11.0. The van der Waals surface area contributed by atoms with Gasteiger partial charge in [-0.05, 0) is 85.0 Å². The fourth-order valence-corrected chi connectivity index (χ4v) is 4.68. The van der Waals surface area contributed by atoms with Crippen LogP contribution in [0.15, 0.2) is 115 Å². The average Bonchev–Trinajstić information content (AvgIpc) is 2.97. The molecule has 3 aromatic heterocycles. The van der Waals surface area contributed by atoms with E-state index in [4.69, 9.17) is 4.74 Å². The molecule has 0 aliphatic carbocycles. The Morgan fingerprint density at radius 3 is 2.34 bits per heavy atom. The highest BCUT2D eigenvalue weighted by Gasteiger charge is 2.11. The van der Waals surface area contributed by atoms with Crippen LogP contribution in [-0.2, 0) is 13.0 Å². The maximum Gasteiger partial charge on any atom is 0.251 e. The SMILES string of the molecule is Cl.Cl.Cl.O=c1ccc2cc(OCCCNC(CCc3cccnc3)c3ccncc3)ccc2n1Cc1ccccc1. The van der Waals surface area contributed by atoms with Crippen molar-refractivity contribution in [3.8, 4) is 5.75 Å². The van der Waals surface area contributed by atoms with Crippen LogP contribution in [0.3, 0.4) is 0 Å². The zero-order valence-electron chi connectivity index (χ0n) is 22.6. The van der Waals surface area contributed by atoms with Gasteiger partial charge in [0.2, 0.25) is 0 Å². The van der Waals surface area contributed by atoms with E-state index in [1.165, 1.54) is 11.1 Å². The van der Waals surface area contributed by atoms with Crippen molar-refractivity contribution >= 4 is 48.1 Å². The quantitative estimate of drug-likeness (QED) is 0.156. The van der Waals surface area contributed by atoms with Crippen molar-refractivity contribution in [2.75, 3.05) is 13.2 Å². The van der Waals surface area contributed by atoms with Crippen molar-refractivity contribution in [1.29, 1.82) is 0 Å². The second kappa shape index (κ2) is 17.4. The predicted octanol–water partition coefficient (Wildman–Crippen LogP) is 6.84. The molecule has 0 aliphatic heterocycles. The van der Waals surface area contributed by atoms with Gasteiger partial charge in [-0.15, -0.1) is 37.2 Å². The molecule has 5 aromatic rings. The summed E-state index contributed by atoms with van der Waals surface area (Å²) in [5, 5.41) is 4.68. The van der Waals surface area contributed by atoms with Crippen molar-refractivity contribution in [3.63, 3.8) is 0 Å². The third-order valence-electron chi connectivity index (χ3n) is 6.68. The van der Waals surface area contributed by atoms with Crippen LogP contribution < -0.4 is 15.6 Å². The summed E-state index contributed by atoms with van der Waals surface area (Å²) >= 11 is 0. The highest BCUT2D eigenvalue weighted by atomic mass is 35.5. The van der Waals surface area contributed by atoms with E-state index in [-0.39, 0.29) is 48.8 Å². The van der Waals surface area contributed by atoms with Gasteiger partial charge in [0.15, 0.2) is 0 Å². The Morgan fingerprint density at radius 1 is 0.805 bits per heavy atom. The van der Waals surface area contributed by atoms with E-state index in [2.05, 4.69) is 33.5 Å². The molecule has 1 N–H and O–H groups in total. The van der Waals surface area contributed by atoms with Crippen molar-refractivity contribution in [2.24, 2.45) is 0 Å². The molecule has 0 saturated carbocycles. The molecule has 1 unspecified atom stereocenters. The largest absolute Gasteiger partial charge is 0.494 e. The highest BCUT2D eigenvalue weighted by Crippen LogP contribution is 2.21. The summed E-state index contributed by atoms with van der Waals surface area (Å²) < 4.78 is 7.88. The molecular weight excluding hydrogens is 579 g/mol. The smallest absolute Gasteiger partial charge is 0.251 e. The van der Waals surface area contributed by atoms with Crippen LogP contribution in [0.25, 0.3) is 10.9 Å². The lowest BCUT2D eigenvalue weighted by molar-refractivity contribution is 0.304. The zero-order valence-corrected chi connectivity index (χ0v) is 25.0. The minimum absolute atomic E-state index is 0. The molecule has 2 aromatic carbocycles. The maximum absolute atomic E-state index is 12.6. The second-order valence-electron chi connectivity index (χ2n) is 9.35. The Labute approximate surface area is 259 Å². The van der Waals surface area contributed by atoms with Crippen LogP contribution in [0.2, 0.25) is 0 Å². The van der Waals surface area contributed by atoms with Crippen LogP contribution in [0.5, 0.6) is 5.75 Å². The van der Waals surface area contributed by atoms with E-state index >= 15 is 0 Å². The number of nitrogens with one attached hydrogen (secondary N) is 1. The van der Waals surface area contributed by atoms with E-state index < -0.39 is 0 Å². The Bertz CT molecular complexity index is 1500. The molecule has 3 heterocycles. The summed E-state index contributed by atoms with van der Waals surface area (Å²) in [7, 11) is 0. The number of aromatic nitrogens is 3. The first kappa shape index (κ1) is 33.8. The number of pyridine rings is 3. The van der Waals surface area contributed by atoms with Crippen LogP contribution >= 0.6 is 37.2 Å². The van der Waals surface area contributed by atoms with Gasteiger partial charge >= 0.3 is 0 Å². The maximum atomic E-state index is 12.6. The Kier molecular flexibility index (Phi) is 14.3. The number of benzene rings is 2. The predicted molar refractivity (Wildman–Crippen MR) is 173 cm³/mol. The van der Waals surface area contributed by atoms with E-state index in [0.717, 1.165) is 48.0 Å². The van der Waals surface area contributed by atoms with Crippen LogP contribution in [0.4, 0.5) is 0 Å². The molecule has 5 rings (SSSR count). The number of hydrogen-bond donors (Lipinski definition) is 1. The number of ether oxygens (including phenoxy) is 1. The third-order valence-corrected chi connectivity index (χ3v) is 6.68. The van der Waals surface area contributed by atoms with Gasteiger partial charge in [-0.25, -0.2) is 0 Å². The average molecular weight is 614 g/mol. The first-order chi connectivity index (χ1) is 18.8. The summed E-state index contributed by atoms with van der Waals surface area (Å²) in [4.78, 5) is 21.0. The topological polar surface area (TPSA) is 69.0 Å². The van der Waals surface area contributed by atoms with Crippen LogP contribution in [-0.4, -0.2) is 27.7 Å². The molecule has 9 heteroatoms. The van der Waals surface area contributed by atoms with Crippen molar-refractivity contribution in [1.82, 2.24) is 19.9 Å². The zero-order chi connectivity index (χ0) is 26.0. The number of halogens is 3. The van der Waals surface area contributed by atoms with Crippen LogP contribution in [0, 0.1) is 0 Å². The highest BCUT2D eigenvalue weighted by molar-refractivity contribution is 5.86. The molecule has 0 saturated heterocycles. The van der Waals surface area contributed by atoms with Crippen molar-refractivity contribution in [3.05, 3.63) is 137 Å². The second-order valence-corrected chi connectivity index (χ2v) is 9.35. The van der Waals surface area contributed by atoms with Crippen LogP contribution in [0.1, 0.15) is 35.6 Å². The number of rotatable bonds is 12. The van der Waals surface area contributed by atoms with E-state index in [0.29, 0.717) is 13.2 Å². The molecular formula is C32H35Cl3N4O2. The first-order valence-electron chi connectivity index (χ1n) is 13.1. The molecule has 0 aliphatic rings. The van der Waals surface area contributed by atoms with Crippen molar-refractivity contribution < 1.29 is 4.74 Å². The number of aryl methyl sites for hydroxylation is 1. The lowest BCUT2D eigenvalue weighted by atomic mass is 10.0. The number of nitrogens with zero attached hydrogens (tertiary/aromatic N) is 3. The van der Waals surface area contributed by atoms with Gasteiger partial charge in [0.1, 0.15) is 5.75 Å². The Morgan fingerprint density at radius 2 is 1.59 bits per heavy atom. The molecule has 0 spiro atoms. The summed E-state index contributed by atoms with van der Waals surface area (Å²) in [5.74, 6) is 0.810. The molecule has 0 radical (unpaired) electrons. The summed E-state index contributed by atoms with van der Waals surface area (Å²) in [6.07, 6.45) is 10.2. The standard InChI is InChI=1S/C32H32N4O2.3ClH/c37-32-14-10-28-22-29(11-13-31(28)36(32)24-26-6-2-1-3-7-26)38-21-5-18-35-30(27-15-19-33-20-16-27)12-9-25-8-4-17-34-23-25;;;/h1-4,6-8,10-11,13-17,19-20,22-23,30,35H,5,9,12,18,21,24H2;3*1H. The van der Waals surface area contributed by atoms with E-state index in [9.17, 15) is 4.79 Å². The number of fused-ring (bicyclic) bond motifs is 1. The minimum atomic E-state index is -0.00613. The molecule has 0 fully saturated rings. The Balaban J connectivity index is 0.00000196. The van der Waals surface area contributed by atoms with Gasteiger partial charge in [-0.1, -0.05) is 36.4 Å². The molecule has 0 amide bonds. The molecule has 0 bridgehead atoms. The molecule has 41 heavy (non-hydrogen) atoms. The number of hydrogen-bond acceptors (Lipinski definition) is 5. The fourth-order valence-electron chi connectivity index (χ4n) is 4.68. The lowest BCUT2D eigenvalue weighted by Gasteiger charge is -2.19. The van der Waals surface area contributed by atoms with Gasteiger partial charge in [0, 0.05) is 42.3 Å². The minimum Gasteiger partial charge on any atom is -0.494 e. The third kappa shape index (κ3) is 9.58. The van der Waals surface area contributed by atoms with Gasteiger partial charge < -0.3 is 14.6 Å². The van der Waals surface area contributed by atoms with Gasteiger partial charge in [0.25, 0.3) is 5.56 Å². The monoisotopic (exact) mass is 612 g/mol. The van der Waals surface area contributed by atoms with Gasteiger partial charge in [-0.3, -0.25) is 14.8 Å². The Hall–Kier alpha value is -3.42. The summed E-state index contributed by atoms with van der Waals surface area (Å²) in [6.45, 7) is 1.99. The summed E-state index contributed by atoms with van der Waals surface area (Å²) in [6, 6.07) is 28.0. The van der Waals surface area contributed by atoms with Crippen molar-refractivity contribution in [2.45, 2.75) is 31.8 Å². The molecule has 6 nitrogen and oxygen atoms in total. The first-order valence-corrected chi connectivity index (χ1v) is 13.1.